The number of aliphatic hydroxyl groups is 1. The van der Waals surface area contributed by atoms with Crippen molar-refractivity contribution in [1.29, 1.82) is 0 Å². The summed E-state index contributed by atoms with van der Waals surface area (Å²) in [4.78, 5) is 41.5. The molecule has 0 bridgehead atoms. The lowest BCUT2D eigenvalue weighted by Crippen LogP contribution is -3.15. The van der Waals surface area contributed by atoms with Crippen LogP contribution in [0.3, 0.4) is 0 Å². The number of piperazine rings is 1. The van der Waals surface area contributed by atoms with E-state index in [4.69, 9.17) is 5.11 Å². The molecule has 0 aromatic heterocycles. The van der Waals surface area contributed by atoms with Crippen molar-refractivity contribution in [3.63, 3.8) is 0 Å². The molecule has 0 radical (unpaired) electrons. The van der Waals surface area contributed by atoms with E-state index < -0.39 is 0 Å². The van der Waals surface area contributed by atoms with Crippen LogP contribution in [0, 0.1) is 0 Å². The van der Waals surface area contributed by atoms with E-state index in [0.717, 1.165) is 58.4 Å². The average molecular weight is 388 g/mol. The number of nitrogens with one attached hydrogen (secondary N) is 1. The third-order valence-electron chi connectivity index (χ3n) is 5.69. The van der Waals surface area contributed by atoms with E-state index in [-0.39, 0.29) is 24.3 Å². The van der Waals surface area contributed by atoms with Gasteiger partial charge >= 0.3 is 0 Å². The number of unbranched alkanes of at least 4 members (excludes halogenated alkanes) is 3. The van der Waals surface area contributed by atoms with Gasteiger partial charge in [-0.3, -0.25) is 19.3 Å². The topological polar surface area (TPSA) is 82.4 Å². The lowest BCUT2D eigenvalue weighted by Gasteiger charge is -2.32. The summed E-state index contributed by atoms with van der Waals surface area (Å²) in [5.74, 6) is -0.181. The molecule has 2 heterocycles. The smallest absolute Gasteiger partial charge is 0.261 e. The van der Waals surface area contributed by atoms with Crippen LogP contribution in [0.15, 0.2) is 24.3 Å². The molecule has 7 heteroatoms. The molecule has 3 amide bonds. The van der Waals surface area contributed by atoms with Gasteiger partial charge in [-0.25, -0.2) is 0 Å². The molecule has 0 aliphatic carbocycles. The highest BCUT2D eigenvalue weighted by Crippen LogP contribution is 2.22. The predicted molar refractivity (Wildman–Crippen MR) is 104 cm³/mol. The number of nitrogens with zero attached hydrogens (tertiary/aromatic N) is 2. The van der Waals surface area contributed by atoms with Crippen LogP contribution in [0.2, 0.25) is 0 Å². The molecule has 0 saturated carbocycles. The second kappa shape index (κ2) is 9.80. The highest BCUT2D eigenvalue weighted by atomic mass is 16.3. The first-order valence-corrected chi connectivity index (χ1v) is 10.3. The fraction of sp³-hybridized carbons (Fsp3) is 0.571. The minimum absolute atomic E-state index is 0.196. The van der Waals surface area contributed by atoms with Crippen LogP contribution in [0.25, 0.3) is 0 Å². The Kier molecular flexibility index (Phi) is 7.17. The fourth-order valence-electron chi connectivity index (χ4n) is 3.98. The van der Waals surface area contributed by atoms with E-state index >= 15 is 0 Å². The summed E-state index contributed by atoms with van der Waals surface area (Å²) >= 11 is 0. The fourth-order valence-corrected chi connectivity index (χ4v) is 3.98. The molecule has 1 aromatic rings. The molecular formula is C21H30N3O4+. The van der Waals surface area contributed by atoms with E-state index in [0.29, 0.717) is 24.1 Å². The maximum absolute atomic E-state index is 12.3. The molecule has 0 unspecified atom stereocenters. The molecule has 1 fully saturated rings. The van der Waals surface area contributed by atoms with Gasteiger partial charge in [-0.2, -0.15) is 0 Å². The maximum Gasteiger partial charge on any atom is 0.261 e. The van der Waals surface area contributed by atoms with Gasteiger partial charge < -0.3 is 14.9 Å². The summed E-state index contributed by atoms with van der Waals surface area (Å²) in [6, 6.07) is 6.95. The van der Waals surface area contributed by atoms with Crippen LogP contribution < -0.4 is 4.90 Å². The normalized spacial score (nSPS) is 17.3. The van der Waals surface area contributed by atoms with Crippen molar-refractivity contribution in [2.24, 2.45) is 0 Å². The molecule has 2 aliphatic rings. The summed E-state index contributed by atoms with van der Waals surface area (Å²) in [5.41, 5.74) is 0.998. The van der Waals surface area contributed by atoms with Crippen LogP contribution in [0.1, 0.15) is 52.8 Å². The highest BCUT2D eigenvalue weighted by Gasteiger charge is 2.34. The van der Waals surface area contributed by atoms with E-state index in [2.05, 4.69) is 0 Å². The quantitative estimate of drug-likeness (QED) is 0.459. The number of hydrogen-bond donors (Lipinski definition) is 2. The van der Waals surface area contributed by atoms with E-state index in [1.807, 2.05) is 4.90 Å². The van der Waals surface area contributed by atoms with Crippen molar-refractivity contribution in [2.75, 3.05) is 45.9 Å². The first kappa shape index (κ1) is 20.5. The SMILES string of the molecule is O=C(CCCCCCN1C(=O)c2ccccc2C1=O)N1CC[NH+](CCO)CC1. The molecule has 3 rings (SSSR count). The van der Waals surface area contributed by atoms with Crippen molar-refractivity contribution < 1.29 is 24.4 Å². The predicted octanol–water partition coefficient (Wildman–Crippen LogP) is -0.0475. The van der Waals surface area contributed by atoms with Crippen LogP contribution in [0.4, 0.5) is 0 Å². The molecule has 2 aliphatic heterocycles. The average Bonchev–Trinajstić information content (AvgIpc) is 2.96. The second-order valence-electron chi connectivity index (χ2n) is 7.58. The minimum atomic E-state index is -0.196. The Morgan fingerprint density at radius 3 is 2.18 bits per heavy atom. The maximum atomic E-state index is 12.3. The molecule has 7 nitrogen and oxygen atoms in total. The van der Waals surface area contributed by atoms with Gasteiger partial charge in [0, 0.05) is 13.0 Å². The Labute approximate surface area is 165 Å². The lowest BCUT2D eigenvalue weighted by atomic mass is 10.1. The van der Waals surface area contributed by atoms with Crippen LogP contribution in [-0.4, -0.2) is 78.5 Å². The summed E-state index contributed by atoms with van der Waals surface area (Å²) < 4.78 is 0. The number of aliphatic hydroxyl groups excluding tert-OH is 1. The Bertz CT molecular complexity index is 678. The van der Waals surface area contributed by atoms with Crippen molar-refractivity contribution in [3.8, 4) is 0 Å². The third kappa shape index (κ3) is 4.77. The van der Waals surface area contributed by atoms with Crippen LogP contribution >= 0.6 is 0 Å². The number of rotatable bonds is 9. The van der Waals surface area contributed by atoms with Gasteiger partial charge in [0.25, 0.3) is 11.8 Å². The monoisotopic (exact) mass is 388 g/mol. The van der Waals surface area contributed by atoms with Gasteiger partial charge in [-0.1, -0.05) is 25.0 Å². The van der Waals surface area contributed by atoms with Gasteiger partial charge in [0.15, 0.2) is 0 Å². The van der Waals surface area contributed by atoms with Gasteiger partial charge in [0.1, 0.15) is 6.54 Å². The van der Waals surface area contributed by atoms with Gasteiger partial charge in [0.05, 0.1) is 43.9 Å². The number of fused-ring (bicyclic) bond motifs is 1. The number of hydrogen-bond acceptors (Lipinski definition) is 4. The molecule has 1 saturated heterocycles. The Hall–Kier alpha value is -2.25. The van der Waals surface area contributed by atoms with Crippen LogP contribution in [0.5, 0.6) is 0 Å². The number of benzene rings is 1. The summed E-state index contributed by atoms with van der Waals surface area (Å²) in [6.45, 7) is 4.76. The molecule has 0 spiro atoms. The van der Waals surface area contributed by atoms with Gasteiger partial charge in [0.2, 0.25) is 5.91 Å². The first-order chi connectivity index (χ1) is 13.6. The number of amides is 3. The Morgan fingerprint density at radius 2 is 1.57 bits per heavy atom. The second-order valence-corrected chi connectivity index (χ2v) is 7.58. The standard InChI is InChI=1S/C21H29N3O4/c25-16-15-22-11-13-23(14-12-22)19(26)9-3-1-2-6-10-24-20(27)17-7-4-5-8-18(17)21(24)28/h4-5,7-8,25H,1-3,6,9-16H2/p+1. The summed E-state index contributed by atoms with van der Waals surface area (Å²) in [7, 11) is 0. The van der Waals surface area contributed by atoms with Gasteiger partial charge in [-0.15, -0.1) is 0 Å². The van der Waals surface area contributed by atoms with Crippen molar-refractivity contribution >= 4 is 17.7 Å². The van der Waals surface area contributed by atoms with E-state index in [1.165, 1.54) is 9.80 Å². The first-order valence-electron chi connectivity index (χ1n) is 10.3. The van der Waals surface area contributed by atoms with E-state index in [1.54, 1.807) is 24.3 Å². The number of imide groups is 1. The Morgan fingerprint density at radius 1 is 0.964 bits per heavy atom. The number of carbonyl (C=O) groups excluding carboxylic acids is 3. The van der Waals surface area contributed by atoms with Crippen LogP contribution in [-0.2, 0) is 4.79 Å². The molecule has 28 heavy (non-hydrogen) atoms. The number of quaternary nitrogens is 1. The number of carbonyl (C=O) groups is 3. The molecular weight excluding hydrogens is 358 g/mol. The zero-order valence-corrected chi connectivity index (χ0v) is 16.4. The minimum Gasteiger partial charge on any atom is -0.391 e. The zero-order chi connectivity index (χ0) is 19.9. The molecule has 1 aromatic carbocycles. The molecule has 152 valence electrons. The third-order valence-corrected chi connectivity index (χ3v) is 5.69. The van der Waals surface area contributed by atoms with Gasteiger partial charge in [-0.05, 0) is 25.0 Å². The lowest BCUT2D eigenvalue weighted by molar-refractivity contribution is -0.904. The Balaban J connectivity index is 1.29. The van der Waals surface area contributed by atoms with Crippen molar-refractivity contribution in [1.82, 2.24) is 9.80 Å². The summed E-state index contributed by atoms with van der Waals surface area (Å²) in [6.07, 6.45) is 3.98. The van der Waals surface area contributed by atoms with Crippen molar-refractivity contribution in [3.05, 3.63) is 35.4 Å². The molecule has 0 atom stereocenters. The molecule has 2 N–H and O–H groups in total. The highest BCUT2D eigenvalue weighted by molar-refractivity contribution is 6.21. The summed E-state index contributed by atoms with van der Waals surface area (Å²) in [5, 5.41) is 8.98. The van der Waals surface area contributed by atoms with Crippen molar-refractivity contribution in [2.45, 2.75) is 32.1 Å². The zero-order valence-electron chi connectivity index (χ0n) is 16.4. The van der Waals surface area contributed by atoms with E-state index in [9.17, 15) is 14.4 Å². The largest absolute Gasteiger partial charge is 0.391 e.